The second-order valence-corrected chi connectivity index (χ2v) is 5.77. The summed E-state index contributed by atoms with van der Waals surface area (Å²) in [5.74, 6) is 0.0954. The van der Waals surface area contributed by atoms with Crippen molar-refractivity contribution in [2.24, 2.45) is 5.73 Å². The van der Waals surface area contributed by atoms with Gasteiger partial charge in [0, 0.05) is 18.5 Å². The number of nitrogens with one attached hydrogen (secondary N) is 1. The maximum Gasteiger partial charge on any atom is 0.221 e. The van der Waals surface area contributed by atoms with Crippen molar-refractivity contribution in [1.82, 2.24) is 5.32 Å². The van der Waals surface area contributed by atoms with Crippen LogP contribution in [0.15, 0.2) is 24.3 Å². The van der Waals surface area contributed by atoms with Crippen molar-refractivity contribution < 1.29 is 4.79 Å². The number of nitrogens with two attached hydrogens (primary N) is 1. The molecule has 3 nitrogen and oxygen atoms in total. The highest BCUT2D eigenvalue weighted by Gasteiger charge is 2.31. The van der Waals surface area contributed by atoms with Crippen LogP contribution in [0.4, 0.5) is 0 Å². The summed E-state index contributed by atoms with van der Waals surface area (Å²) in [6.45, 7) is 2.80. The Bertz CT molecular complexity index is 436. The standard InChI is InChI=1S/C16H24N2O/c1-13-6-2-3-7-14(13)8-11-18-15(19)12-16(17)9-4-5-10-16/h2-3,6-7H,4-5,8-12,17H2,1H3,(H,18,19). The largest absolute Gasteiger partial charge is 0.356 e. The molecule has 0 radical (unpaired) electrons. The van der Waals surface area contributed by atoms with Crippen LogP contribution in [0.2, 0.25) is 0 Å². The van der Waals surface area contributed by atoms with E-state index in [4.69, 9.17) is 5.73 Å². The Labute approximate surface area is 115 Å². The molecule has 19 heavy (non-hydrogen) atoms. The Hall–Kier alpha value is -1.35. The fourth-order valence-electron chi connectivity index (χ4n) is 2.87. The van der Waals surface area contributed by atoms with E-state index >= 15 is 0 Å². The third-order valence-electron chi connectivity index (χ3n) is 4.09. The number of hydrogen-bond donors (Lipinski definition) is 2. The van der Waals surface area contributed by atoms with Gasteiger partial charge in [-0.3, -0.25) is 4.79 Å². The molecule has 0 bridgehead atoms. The average Bonchev–Trinajstić information content (AvgIpc) is 2.78. The van der Waals surface area contributed by atoms with Gasteiger partial charge in [0.15, 0.2) is 0 Å². The van der Waals surface area contributed by atoms with Gasteiger partial charge in [-0.05, 0) is 37.3 Å². The summed E-state index contributed by atoms with van der Waals surface area (Å²) >= 11 is 0. The minimum absolute atomic E-state index is 0.0954. The number of carbonyl (C=O) groups is 1. The van der Waals surface area contributed by atoms with Gasteiger partial charge in [-0.15, -0.1) is 0 Å². The van der Waals surface area contributed by atoms with Crippen LogP contribution in [0.3, 0.4) is 0 Å². The molecule has 3 heteroatoms. The second kappa shape index (κ2) is 6.20. The highest BCUT2D eigenvalue weighted by molar-refractivity contribution is 5.77. The van der Waals surface area contributed by atoms with Gasteiger partial charge in [0.05, 0.1) is 0 Å². The number of benzene rings is 1. The van der Waals surface area contributed by atoms with E-state index in [1.54, 1.807) is 0 Å². The number of amides is 1. The van der Waals surface area contributed by atoms with Crippen molar-refractivity contribution in [1.29, 1.82) is 0 Å². The van der Waals surface area contributed by atoms with E-state index in [1.807, 2.05) is 12.1 Å². The lowest BCUT2D eigenvalue weighted by atomic mass is 9.94. The van der Waals surface area contributed by atoms with Gasteiger partial charge in [-0.2, -0.15) is 0 Å². The lowest BCUT2D eigenvalue weighted by Gasteiger charge is -2.22. The van der Waals surface area contributed by atoms with Crippen molar-refractivity contribution in [2.75, 3.05) is 6.54 Å². The third-order valence-corrected chi connectivity index (χ3v) is 4.09. The van der Waals surface area contributed by atoms with Crippen LogP contribution < -0.4 is 11.1 Å². The summed E-state index contributed by atoms with van der Waals surface area (Å²) in [7, 11) is 0. The molecular formula is C16H24N2O. The quantitative estimate of drug-likeness (QED) is 0.853. The Balaban J connectivity index is 1.74. The van der Waals surface area contributed by atoms with E-state index in [1.165, 1.54) is 11.1 Å². The molecule has 0 spiro atoms. The summed E-state index contributed by atoms with van der Waals surface area (Å²) in [6.07, 6.45) is 5.65. The van der Waals surface area contributed by atoms with Crippen molar-refractivity contribution in [3.8, 4) is 0 Å². The molecule has 0 heterocycles. The van der Waals surface area contributed by atoms with Gasteiger partial charge in [0.25, 0.3) is 0 Å². The Morgan fingerprint density at radius 1 is 1.32 bits per heavy atom. The summed E-state index contributed by atoms with van der Waals surface area (Å²) in [5.41, 5.74) is 8.54. The molecule has 1 aromatic carbocycles. The molecule has 3 N–H and O–H groups in total. The second-order valence-electron chi connectivity index (χ2n) is 5.77. The third kappa shape index (κ3) is 4.06. The molecule has 1 aliphatic carbocycles. The minimum Gasteiger partial charge on any atom is -0.356 e. The molecule has 0 saturated heterocycles. The van der Waals surface area contributed by atoms with Gasteiger partial charge in [0.1, 0.15) is 0 Å². The summed E-state index contributed by atoms with van der Waals surface area (Å²) in [5, 5.41) is 2.99. The Morgan fingerprint density at radius 2 is 2.00 bits per heavy atom. The average molecular weight is 260 g/mol. The molecule has 0 atom stereocenters. The van der Waals surface area contributed by atoms with Crippen LogP contribution in [0.5, 0.6) is 0 Å². The highest BCUT2D eigenvalue weighted by atomic mass is 16.1. The maximum absolute atomic E-state index is 11.9. The van der Waals surface area contributed by atoms with Gasteiger partial charge in [-0.25, -0.2) is 0 Å². The van der Waals surface area contributed by atoms with Crippen molar-refractivity contribution >= 4 is 5.91 Å². The van der Waals surface area contributed by atoms with Crippen molar-refractivity contribution in [3.63, 3.8) is 0 Å². The Morgan fingerprint density at radius 3 is 2.68 bits per heavy atom. The number of carbonyl (C=O) groups excluding carboxylic acids is 1. The van der Waals surface area contributed by atoms with Crippen LogP contribution >= 0.6 is 0 Å². The van der Waals surface area contributed by atoms with Crippen LogP contribution in [0, 0.1) is 6.92 Å². The molecule has 2 rings (SSSR count). The Kier molecular flexibility index (Phi) is 4.59. The molecule has 1 amide bonds. The number of aryl methyl sites for hydroxylation is 1. The molecule has 1 saturated carbocycles. The smallest absolute Gasteiger partial charge is 0.221 e. The number of hydrogen-bond acceptors (Lipinski definition) is 2. The van der Waals surface area contributed by atoms with Gasteiger partial charge in [-0.1, -0.05) is 37.1 Å². The minimum atomic E-state index is -0.243. The molecule has 1 aliphatic rings. The zero-order valence-corrected chi connectivity index (χ0v) is 11.7. The van der Waals surface area contributed by atoms with Gasteiger partial charge >= 0.3 is 0 Å². The topological polar surface area (TPSA) is 55.1 Å². The van der Waals surface area contributed by atoms with Crippen LogP contribution in [0.1, 0.15) is 43.2 Å². The van der Waals surface area contributed by atoms with E-state index in [2.05, 4.69) is 24.4 Å². The predicted octanol–water partition coefficient (Wildman–Crippen LogP) is 2.32. The summed E-state index contributed by atoms with van der Waals surface area (Å²) in [6, 6.07) is 8.29. The molecule has 1 aromatic rings. The fraction of sp³-hybridized carbons (Fsp3) is 0.562. The lowest BCUT2D eigenvalue weighted by molar-refractivity contribution is -0.122. The zero-order chi connectivity index (χ0) is 13.7. The van der Waals surface area contributed by atoms with E-state index in [9.17, 15) is 4.79 Å². The highest BCUT2D eigenvalue weighted by Crippen LogP contribution is 2.29. The molecule has 104 valence electrons. The molecular weight excluding hydrogens is 236 g/mol. The van der Waals surface area contributed by atoms with Crippen LogP contribution in [-0.2, 0) is 11.2 Å². The lowest BCUT2D eigenvalue weighted by Crippen LogP contribution is -2.42. The molecule has 0 unspecified atom stereocenters. The first-order valence-corrected chi connectivity index (χ1v) is 7.19. The molecule has 1 fully saturated rings. The van der Waals surface area contributed by atoms with E-state index in [-0.39, 0.29) is 11.4 Å². The summed E-state index contributed by atoms with van der Waals surface area (Å²) in [4.78, 5) is 11.9. The van der Waals surface area contributed by atoms with Crippen LogP contribution in [-0.4, -0.2) is 18.0 Å². The van der Waals surface area contributed by atoms with E-state index in [0.29, 0.717) is 13.0 Å². The van der Waals surface area contributed by atoms with E-state index in [0.717, 1.165) is 32.1 Å². The SMILES string of the molecule is Cc1ccccc1CCNC(=O)CC1(N)CCCC1. The maximum atomic E-state index is 11.9. The van der Waals surface area contributed by atoms with Crippen molar-refractivity contribution in [3.05, 3.63) is 35.4 Å². The molecule has 0 aliphatic heterocycles. The predicted molar refractivity (Wildman–Crippen MR) is 77.9 cm³/mol. The number of rotatable bonds is 5. The van der Waals surface area contributed by atoms with Gasteiger partial charge < -0.3 is 11.1 Å². The van der Waals surface area contributed by atoms with E-state index < -0.39 is 0 Å². The monoisotopic (exact) mass is 260 g/mol. The normalized spacial score (nSPS) is 17.4. The van der Waals surface area contributed by atoms with Gasteiger partial charge in [0.2, 0.25) is 5.91 Å². The molecule has 0 aromatic heterocycles. The summed E-state index contributed by atoms with van der Waals surface area (Å²) < 4.78 is 0. The zero-order valence-electron chi connectivity index (χ0n) is 11.7. The van der Waals surface area contributed by atoms with Crippen LogP contribution in [0.25, 0.3) is 0 Å². The first kappa shape index (κ1) is 14.1. The first-order valence-electron chi connectivity index (χ1n) is 7.19. The fourth-order valence-corrected chi connectivity index (χ4v) is 2.87. The first-order chi connectivity index (χ1) is 9.09. The van der Waals surface area contributed by atoms with Crippen molar-refractivity contribution in [2.45, 2.75) is 51.0 Å².